The Hall–Kier alpha value is -2.73. The third kappa shape index (κ3) is 4.03. The van der Waals surface area contributed by atoms with Crippen LogP contribution < -0.4 is 5.32 Å². The van der Waals surface area contributed by atoms with Crippen LogP contribution in [-0.4, -0.2) is 31.9 Å². The van der Waals surface area contributed by atoms with Crippen LogP contribution in [0.1, 0.15) is 31.0 Å². The maximum atomic E-state index is 11.5. The summed E-state index contributed by atoms with van der Waals surface area (Å²) in [5.74, 6) is -0.856. The highest BCUT2D eigenvalue weighted by Crippen LogP contribution is 2.16. The van der Waals surface area contributed by atoms with E-state index in [9.17, 15) is 9.90 Å². The van der Waals surface area contributed by atoms with E-state index >= 15 is 0 Å². The van der Waals surface area contributed by atoms with Crippen LogP contribution in [0.25, 0.3) is 11.0 Å². The molecule has 2 N–H and O–H groups in total. The van der Waals surface area contributed by atoms with Gasteiger partial charge in [0.2, 0.25) is 0 Å². The standard InChI is InChI=1S/C19H22N4O2/c1-13(2)23-18-16(12-22-23)8-15(11-21-18)10-20-17(19(24)25)9-14-6-4-3-5-7-14/h3-8,11-13,17,20H,9-10H2,1-2H3,(H,24,25)/t17-/m1/s1. The van der Waals surface area contributed by atoms with Gasteiger partial charge in [-0.15, -0.1) is 0 Å². The molecule has 25 heavy (non-hydrogen) atoms. The van der Waals surface area contributed by atoms with E-state index in [2.05, 4.69) is 29.2 Å². The molecular weight excluding hydrogens is 316 g/mol. The average Bonchev–Trinajstić information content (AvgIpc) is 3.02. The van der Waals surface area contributed by atoms with E-state index in [1.165, 1.54) is 0 Å². The molecule has 0 saturated carbocycles. The molecule has 2 aromatic heterocycles. The van der Waals surface area contributed by atoms with E-state index in [4.69, 9.17) is 0 Å². The fourth-order valence-electron chi connectivity index (χ4n) is 2.80. The number of benzene rings is 1. The normalized spacial score (nSPS) is 12.6. The van der Waals surface area contributed by atoms with Crippen LogP contribution >= 0.6 is 0 Å². The molecule has 0 aliphatic rings. The Labute approximate surface area is 146 Å². The van der Waals surface area contributed by atoms with Gasteiger partial charge in [0.15, 0.2) is 5.65 Å². The van der Waals surface area contributed by atoms with Crippen molar-refractivity contribution in [1.82, 2.24) is 20.1 Å². The lowest BCUT2D eigenvalue weighted by molar-refractivity contribution is -0.139. The first-order chi connectivity index (χ1) is 12.0. The van der Waals surface area contributed by atoms with Crippen molar-refractivity contribution in [3.05, 3.63) is 59.9 Å². The summed E-state index contributed by atoms with van der Waals surface area (Å²) in [5.41, 5.74) is 2.78. The molecule has 1 atom stereocenters. The van der Waals surface area contributed by atoms with Gasteiger partial charge in [-0.3, -0.25) is 10.1 Å². The molecule has 0 radical (unpaired) electrons. The van der Waals surface area contributed by atoms with Crippen LogP contribution in [0.5, 0.6) is 0 Å². The molecule has 2 heterocycles. The minimum Gasteiger partial charge on any atom is -0.480 e. The fourth-order valence-corrected chi connectivity index (χ4v) is 2.80. The summed E-state index contributed by atoms with van der Waals surface area (Å²) < 4.78 is 1.88. The number of carboxylic acids is 1. The number of aromatic nitrogens is 3. The van der Waals surface area contributed by atoms with Crippen molar-refractivity contribution in [3.63, 3.8) is 0 Å². The third-order valence-corrected chi connectivity index (χ3v) is 4.11. The van der Waals surface area contributed by atoms with Crippen LogP contribution in [-0.2, 0) is 17.8 Å². The maximum absolute atomic E-state index is 11.5. The number of nitrogens with zero attached hydrogens (tertiary/aromatic N) is 3. The van der Waals surface area contributed by atoms with Crippen LogP contribution in [0.2, 0.25) is 0 Å². The summed E-state index contributed by atoms with van der Waals surface area (Å²) in [7, 11) is 0. The Morgan fingerprint density at radius 3 is 2.64 bits per heavy atom. The third-order valence-electron chi connectivity index (χ3n) is 4.11. The second kappa shape index (κ2) is 7.44. The highest BCUT2D eigenvalue weighted by atomic mass is 16.4. The summed E-state index contributed by atoms with van der Waals surface area (Å²) in [6.07, 6.45) is 4.01. The van der Waals surface area contributed by atoms with Gasteiger partial charge < -0.3 is 5.11 Å². The Bertz CT molecular complexity index is 858. The van der Waals surface area contributed by atoms with Crippen molar-refractivity contribution >= 4 is 17.0 Å². The molecule has 0 spiro atoms. The first-order valence-electron chi connectivity index (χ1n) is 8.37. The Balaban J connectivity index is 1.70. The Morgan fingerprint density at radius 2 is 1.96 bits per heavy atom. The number of fused-ring (bicyclic) bond motifs is 1. The molecule has 130 valence electrons. The van der Waals surface area contributed by atoms with Crippen molar-refractivity contribution in [3.8, 4) is 0 Å². The molecule has 1 aromatic carbocycles. The number of hydrogen-bond acceptors (Lipinski definition) is 4. The molecule has 3 rings (SSSR count). The summed E-state index contributed by atoms with van der Waals surface area (Å²) >= 11 is 0. The smallest absolute Gasteiger partial charge is 0.321 e. The largest absolute Gasteiger partial charge is 0.480 e. The number of carboxylic acid groups (broad SMARTS) is 1. The van der Waals surface area contributed by atoms with Crippen molar-refractivity contribution in [2.24, 2.45) is 0 Å². The molecule has 6 nitrogen and oxygen atoms in total. The zero-order valence-electron chi connectivity index (χ0n) is 14.4. The van der Waals surface area contributed by atoms with Gasteiger partial charge in [0.25, 0.3) is 0 Å². The van der Waals surface area contributed by atoms with Crippen LogP contribution in [0.4, 0.5) is 0 Å². The number of nitrogens with one attached hydrogen (secondary N) is 1. The van der Waals surface area contributed by atoms with Crippen molar-refractivity contribution < 1.29 is 9.90 Å². The highest BCUT2D eigenvalue weighted by molar-refractivity contribution is 5.75. The summed E-state index contributed by atoms with van der Waals surface area (Å²) in [6, 6.07) is 11.2. The maximum Gasteiger partial charge on any atom is 0.321 e. The summed E-state index contributed by atoms with van der Waals surface area (Å²) in [6.45, 7) is 4.56. The first-order valence-corrected chi connectivity index (χ1v) is 8.37. The van der Waals surface area contributed by atoms with E-state index < -0.39 is 12.0 Å². The van der Waals surface area contributed by atoms with E-state index in [0.29, 0.717) is 13.0 Å². The van der Waals surface area contributed by atoms with Crippen LogP contribution in [0.3, 0.4) is 0 Å². The van der Waals surface area contributed by atoms with E-state index in [-0.39, 0.29) is 6.04 Å². The molecule has 0 unspecified atom stereocenters. The van der Waals surface area contributed by atoms with Crippen molar-refractivity contribution in [2.45, 2.75) is 38.9 Å². The van der Waals surface area contributed by atoms with E-state index in [1.54, 1.807) is 12.4 Å². The summed E-state index contributed by atoms with van der Waals surface area (Å²) in [4.78, 5) is 16.0. The predicted octanol–water partition coefficient (Wildman–Crippen LogP) is 2.80. The molecule has 0 aliphatic carbocycles. The van der Waals surface area contributed by atoms with Gasteiger partial charge in [-0.05, 0) is 37.5 Å². The van der Waals surface area contributed by atoms with E-state index in [1.807, 2.05) is 41.1 Å². The van der Waals surface area contributed by atoms with Gasteiger partial charge in [0.05, 0.1) is 6.20 Å². The topological polar surface area (TPSA) is 80.0 Å². The predicted molar refractivity (Wildman–Crippen MR) is 96.3 cm³/mol. The van der Waals surface area contributed by atoms with Gasteiger partial charge in [0, 0.05) is 24.2 Å². The van der Waals surface area contributed by atoms with Gasteiger partial charge >= 0.3 is 5.97 Å². The molecular formula is C19H22N4O2. The van der Waals surface area contributed by atoms with E-state index in [0.717, 1.165) is 22.2 Å². The monoisotopic (exact) mass is 338 g/mol. The number of hydrogen-bond donors (Lipinski definition) is 2. The lowest BCUT2D eigenvalue weighted by atomic mass is 10.1. The molecule has 0 amide bonds. The van der Waals surface area contributed by atoms with Gasteiger partial charge in [-0.2, -0.15) is 5.10 Å². The highest BCUT2D eigenvalue weighted by Gasteiger charge is 2.17. The second-order valence-electron chi connectivity index (χ2n) is 6.40. The molecule has 0 saturated heterocycles. The zero-order chi connectivity index (χ0) is 17.8. The van der Waals surface area contributed by atoms with Crippen molar-refractivity contribution in [2.75, 3.05) is 0 Å². The summed E-state index contributed by atoms with van der Waals surface area (Å²) in [5, 5.41) is 17.9. The number of carbonyl (C=O) groups is 1. The number of pyridine rings is 1. The first kappa shape index (κ1) is 17.1. The van der Waals surface area contributed by atoms with Crippen LogP contribution in [0.15, 0.2) is 48.8 Å². The molecule has 0 fully saturated rings. The second-order valence-corrected chi connectivity index (χ2v) is 6.40. The van der Waals surface area contributed by atoms with Gasteiger partial charge in [0.1, 0.15) is 6.04 Å². The zero-order valence-corrected chi connectivity index (χ0v) is 14.4. The van der Waals surface area contributed by atoms with Gasteiger partial charge in [-0.1, -0.05) is 30.3 Å². The fraction of sp³-hybridized carbons (Fsp3) is 0.316. The number of aliphatic carboxylic acids is 1. The SMILES string of the molecule is CC(C)n1ncc2cc(CN[C@H](Cc3ccccc3)C(=O)O)cnc21. The quantitative estimate of drug-likeness (QED) is 0.692. The van der Waals surface area contributed by atoms with Crippen LogP contribution in [0, 0.1) is 0 Å². The molecule has 6 heteroatoms. The lowest BCUT2D eigenvalue weighted by Crippen LogP contribution is -2.38. The van der Waals surface area contributed by atoms with Gasteiger partial charge in [-0.25, -0.2) is 9.67 Å². The van der Waals surface area contributed by atoms with Crippen molar-refractivity contribution in [1.29, 1.82) is 0 Å². The number of rotatable bonds is 7. The Kier molecular flexibility index (Phi) is 5.09. The molecule has 0 bridgehead atoms. The molecule has 3 aromatic rings. The minimum atomic E-state index is -0.856. The minimum absolute atomic E-state index is 0.247. The molecule has 0 aliphatic heterocycles. The Morgan fingerprint density at radius 1 is 1.20 bits per heavy atom. The average molecular weight is 338 g/mol. The lowest BCUT2D eigenvalue weighted by Gasteiger charge is -2.14.